The molecule has 168 valence electrons. The first-order chi connectivity index (χ1) is 16.0. The maximum atomic E-state index is 13.6. The molecule has 1 aromatic heterocycles. The van der Waals surface area contributed by atoms with Gasteiger partial charge in [-0.2, -0.15) is 0 Å². The number of rotatable bonds is 8. The van der Waals surface area contributed by atoms with Gasteiger partial charge in [0, 0.05) is 26.0 Å². The van der Waals surface area contributed by atoms with E-state index in [9.17, 15) is 9.59 Å². The molecule has 1 aliphatic heterocycles. The predicted octanol–water partition coefficient (Wildman–Crippen LogP) is 3.51. The van der Waals surface area contributed by atoms with Crippen LogP contribution >= 0.6 is 0 Å². The summed E-state index contributed by atoms with van der Waals surface area (Å²) in [5.74, 6) is 0.335. The van der Waals surface area contributed by atoms with Gasteiger partial charge in [-0.1, -0.05) is 42.5 Å². The minimum Gasteiger partial charge on any atom is -0.493 e. The molecule has 0 saturated carbocycles. The van der Waals surface area contributed by atoms with Gasteiger partial charge in [0.05, 0.1) is 26.3 Å². The highest BCUT2D eigenvalue weighted by atomic mass is 16.5. The lowest BCUT2D eigenvalue weighted by Crippen LogP contribution is -2.33. The number of carbonyl (C=O) groups excluding carboxylic acids is 2. The molecule has 3 aromatic rings. The molecule has 33 heavy (non-hydrogen) atoms. The van der Waals surface area contributed by atoms with Crippen LogP contribution in [-0.2, 0) is 22.7 Å². The van der Waals surface area contributed by atoms with Crippen LogP contribution in [0.1, 0.15) is 16.7 Å². The Kier molecular flexibility index (Phi) is 6.40. The topological polar surface area (TPSA) is 72.0 Å². The van der Waals surface area contributed by atoms with Crippen molar-refractivity contribution in [3.05, 3.63) is 95.4 Å². The third-order valence-corrected chi connectivity index (χ3v) is 5.52. The van der Waals surface area contributed by atoms with Crippen LogP contribution in [0.3, 0.4) is 0 Å². The summed E-state index contributed by atoms with van der Waals surface area (Å²) in [4.78, 5) is 34.3. The lowest BCUT2D eigenvalue weighted by atomic mass is 10.0. The van der Waals surface area contributed by atoms with Crippen LogP contribution in [0.2, 0.25) is 0 Å². The molecular formula is C26H25N3O4. The number of ether oxygens (including phenoxy) is 2. The number of hydrogen-bond donors (Lipinski definition) is 0. The Labute approximate surface area is 192 Å². The number of amides is 2. The highest BCUT2D eigenvalue weighted by molar-refractivity contribution is 6.35. The highest BCUT2D eigenvalue weighted by Crippen LogP contribution is 2.37. The Morgan fingerprint density at radius 1 is 0.879 bits per heavy atom. The SMILES string of the molecule is COc1ccc(C2=C(N(C)Cc3ccccc3)C(=O)N(Cc3cccnc3)C2=O)cc1OC. The largest absolute Gasteiger partial charge is 0.493 e. The van der Waals surface area contributed by atoms with Crippen molar-refractivity contribution in [2.45, 2.75) is 13.1 Å². The molecular weight excluding hydrogens is 418 g/mol. The van der Waals surface area contributed by atoms with Crippen LogP contribution < -0.4 is 9.47 Å². The fraction of sp³-hybridized carbons (Fsp3) is 0.192. The van der Waals surface area contributed by atoms with Crippen LogP contribution in [0.4, 0.5) is 0 Å². The van der Waals surface area contributed by atoms with Crippen molar-refractivity contribution >= 4 is 17.4 Å². The first-order valence-corrected chi connectivity index (χ1v) is 10.5. The minimum atomic E-state index is -0.356. The van der Waals surface area contributed by atoms with E-state index in [2.05, 4.69) is 4.98 Å². The summed E-state index contributed by atoms with van der Waals surface area (Å²) in [5, 5.41) is 0. The third-order valence-electron chi connectivity index (χ3n) is 5.52. The molecule has 0 aliphatic carbocycles. The van der Waals surface area contributed by atoms with Gasteiger partial charge in [0.25, 0.3) is 11.8 Å². The molecule has 1 aliphatic rings. The summed E-state index contributed by atoms with van der Waals surface area (Å²) < 4.78 is 10.8. The predicted molar refractivity (Wildman–Crippen MR) is 124 cm³/mol. The molecule has 0 radical (unpaired) electrons. The fourth-order valence-electron chi connectivity index (χ4n) is 3.92. The second kappa shape index (κ2) is 9.56. The molecule has 0 bridgehead atoms. The maximum absolute atomic E-state index is 13.6. The number of benzene rings is 2. The van der Waals surface area contributed by atoms with Gasteiger partial charge >= 0.3 is 0 Å². The summed E-state index contributed by atoms with van der Waals surface area (Å²) in [6.07, 6.45) is 3.31. The Bertz CT molecular complexity index is 1190. The number of aromatic nitrogens is 1. The van der Waals surface area contributed by atoms with Crippen molar-refractivity contribution in [2.24, 2.45) is 0 Å². The quantitative estimate of drug-likeness (QED) is 0.496. The van der Waals surface area contributed by atoms with Crippen LogP contribution in [0.15, 0.2) is 78.8 Å². The van der Waals surface area contributed by atoms with Crippen LogP contribution in [0.5, 0.6) is 11.5 Å². The Morgan fingerprint density at radius 2 is 1.61 bits per heavy atom. The molecule has 0 spiro atoms. The van der Waals surface area contributed by atoms with E-state index in [1.807, 2.05) is 48.3 Å². The minimum absolute atomic E-state index is 0.144. The average Bonchev–Trinajstić information content (AvgIpc) is 3.09. The summed E-state index contributed by atoms with van der Waals surface area (Å²) in [5.41, 5.74) is 3.08. The van der Waals surface area contributed by atoms with E-state index in [1.165, 1.54) is 12.0 Å². The van der Waals surface area contributed by atoms with Crippen molar-refractivity contribution in [1.29, 1.82) is 0 Å². The second-order valence-corrected chi connectivity index (χ2v) is 7.69. The fourth-order valence-corrected chi connectivity index (χ4v) is 3.92. The van der Waals surface area contributed by atoms with Crippen molar-refractivity contribution in [3.63, 3.8) is 0 Å². The zero-order chi connectivity index (χ0) is 23.4. The highest BCUT2D eigenvalue weighted by Gasteiger charge is 2.41. The van der Waals surface area contributed by atoms with Crippen LogP contribution in [0, 0.1) is 0 Å². The first-order valence-electron chi connectivity index (χ1n) is 10.5. The van der Waals surface area contributed by atoms with Gasteiger partial charge in [-0.15, -0.1) is 0 Å². The number of likely N-dealkylation sites (N-methyl/N-ethyl adjacent to an activating group) is 1. The van der Waals surface area contributed by atoms with Crippen molar-refractivity contribution < 1.29 is 19.1 Å². The third kappa shape index (κ3) is 4.43. The summed E-state index contributed by atoms with van der Waals surface area (Å²) >= 11 is 0. The molecule has 7 nitrogen and oxygen atoms in total. The molecule has 2 aromatic carbocycles. The molecule has 7 heteroatoms. The van der Waals surface area contributed by atoms with Crippen LogP contribution in [-0.4, -0.2) is 47.9 Å². The van der Waals surface area contributed by atoms with E-state index < -0.39 is 0 Å². The van der Waals surface area contributed by atoms with Gasteiger partial charge in [0.2, 0.25) is 0 Å². The first kappa shape index (κ1) is 22.1. The summed E-state index contributed by atoms with van der Waals surface area (Å²) in [6.45, 7) is 0.623. The van der Waals surface area contributed by atoms with E-state index in [4.69, 9.17) is 9.47 Å². The van der Waals surface area contributed by atoms with Gasteiger partial charge in [-0.3, -0.25) is 19.5 Å². The Morgan fingerprint density at radius 3 is 2.27 bits per heavy atom. The lowest BCUT2D eigenvalue weighted by Gasteiger charge is -2.21. The van der Waals surface area contributed by atoms with Crippen molar-refractivity contribution in [1.82, 2.24) is 14.8 Å². The molecule has 0 N–H and O–H groups in total. The van der Waals surface area contributed by atoms with Gasteiger partial charge in [0.15, 0.2) is 11.5 Å². The molecule has 0 fully saturated rings. The van der Waals surface area contributed by atoms with Gasteiger partial charge < -0.3 is 14.4 Å². The zero-order valence-electron chi connectivity index (χ0n) is 18.8. The number of hydrogen-bond acceptors (Lipinski definition) is 6. The van der Waals surface area contributed by atoms with Crippen molar-refractivity contribution in [3.8, 4) is 11.5 Å². The Hall–Kier alpha value is -4.13. The standard InChI is InChI=1S/C26H25N3O4/c1-28(16-18-8-5-4-6-9-18)24-23(20-11-12-21(32-2)22(14-20)33-3)25(30)29(26(24)31)17-19-10-7-13-27-15-19/h4-15H,16-17H2,1-3H3. The number of pyridine rings is 1. The van der Waals surface area contributed by atoms with Gasteiger partial charge in [0.1, 0.15) is 5.70 Å². The molecule has 0 atom stereocenters. The van der Waals surface area contributed by atoms with Gasteiger partial charge in [-0.05, 0) is 34.9 Å². The lowest BCUT2D eigenvalue weighted by molar-refractivity contribution is -0.138. The number of nitrogens with zero attached hydrogens (tertiary/aromatic N) is 3. The Balaban J connectivity index is 1.77. The summed E-state index contributed by atoms with van der Waals surface area (Å²) in [7, 11) is 4.91. The molecule has 2 heterocycles. The second-order valence-electron chi connectivity index (χ2n) is 7.69. The monoisotopic (exact) mass is 443 g/mol. The van der Waals surface area contributed by atoms with Gasteiger partial charge in [-0.25, -0.2) is 0 Å². The van der Waals surface area contributed by atoms with E-state index in [-0.39, 0.29) is 18.4 Å². The maximum Gasteiger partial charge on any atom is 0.278 e. The van der Waals surface area contributed by atoms with E-state index in [1.54, 1.807) is 43.8 Å². The normalized spacial score (nSPS) is 13.5. The van der Waals surface area contributed by atoms with Crippen molar-refractivity contribution in [2.75, 3.05) is 21.3 Å². The number of imide groups is 1. The van der Waals surface area contributed by atoms with E-state index >= 15 is 0 Å². The van der Waals surface area contributed by atoms with E-state index in [0.717, 1.165) is 11.1 Å². The van der Waals surface area contributed by atoms with Crippen LogP contribution in [0.25, 0.3) is 5.57 Å². The average molecular weight is 444 g/mol. The smallest absolute Gasteiger partial charge is 0.278 e. The van der Waals surface area contributed by atoms with E-state index in [0.29, 0.717) is 34.9 Å². The zero-order valence-corrected chi connectivity index (χ0v) is 18.8. The summed E-state index contributed by atoms with van der Waals surface area (Å²) in [6, 6.07) is 18.7. The molecule has 0 unspecified atom stereocenters. The number of methoxy groups -OCH3 is 2. The molecule has 4 rings (SSSR count). The number of carbonyl (C=O) groups is 2. The molecule has 2 amide bonds. The molecule has 0 saturated heterocycles.